The number of hydrogen-bond donors (Lipinski definition) is 1. The topological polar surface area (TPSA) is 66.5 Å². The molecule has 23 heavy (non-hydrogen) atoms. The minimum atomic E-state index is -3.57. The van der Waals surface area contributed by atoms with Crippen LogP contribution in [-0.4, -0.2) is 37.8 Å². The van der Waals surface area contributed by atoms with Crippen molar-refractivity contribution in [3.05, 3.63) is 42.5 Å². The zero-order chi connectivity index (χ0) is 16.9. The van der Waals surface area contributed by atoms with Gasteiger partial charge in [-0.05, 0) is 37.5 Å². The van der Waals surface area contributed by atoms with Crippen molar-refractivity contribution in [3.8, 4) is 0 Å². The number of nitrogens with zero attached hydrogens (tertiary/aromatic N) is 1. The second kappa shape index (κ2) is 7.75. The molecule has 1 amide bonds. The van der Waals surface area contributed by atoms with Crippen LogP contribution in [0.3, 0.4) is 0 Å². The second-order valence-corrected chi connectivity index (χ2v) is 7.59. The van der Waals surface area contributed by atoms with E-state index in [9.17, 15) is 13.2 Å². The molecule has 0 aliphatic carbocycles. The van der Waals surface area contributed by atoms with Gasteiger partial charge in [0.15, 0.2) is 0 Å². The average molecular weight is 336 g/mol. The van der Waals surface area contributed by atoms with E-state index in [0.29, 0.717) is 18.7 Å². The molecular formula is C17H24N2O3S. The molecule has 1 fully saturated rings. The first-order valence-electron chi connectivity index (χ1n) is 8.01. The number of carbonyl (C=O) groups excluding carboxylic acids is 1. The minimum absolute atomic E-state index is 0.0481. The van der Waals surface area contributed by atoms with Gasteiger partial charge in [0.1, 0.15) is 0 Å². The third kappa shape index (κ3) is 4.00. The number of piperidine rings is 1. The van der Waals surface area contributed by atoms with Gasteiger partial charge in [-0.25, -0.2) is 8.42 Å². The smallest absolute Gasteiger partial charge is 0.251 e. The first-order valence-corrected chi connectivity index (χ1v) is 9.45. The Kier molecular flexibility index (Phi) is 5.96. The number of benzene rings is 1. The summed E-state index contributed by atoms with van der Waals surface area (Å²) in [5.74, 6) is -0.298. The number of nitrogens with one attached hydrogen (secondary N) is 1. The first-order chi connectivity index (χ1) is 11.0. The quantitative estimate of drug-likeness (QED) is 0.812. The standard InChI is InChI=1S/C17H24N2O3S/c1-3-11-18-17(20)14-8-7-10-16(13-14)23(21,22)19-12-6-5-9-15(19)4-2/h3,7-8,10,13,15H,1,4-6,9,11-12H2,2H3,(H,18,20). The molecule has 1 heterocycles. The molecule has 1 N–H and O–H groups in total. The SMILES string of the molecule is C=CCNC(=O)c1cccc(S(=O)(=O)N2CCCCC2CC)c1. The molecule has 1 aromatic rings. The molecule has 0 spiro atoms. The van der Waals surface area contributed by atoms with Crippen LogP contribution in [0.4, 0.5) is 0 Å². The maximum atomic E-state index is 12.9. The Bertz CT molecular complexity index is 670. The number of carbonyl (C=O) groups is 1. The maximum Gasteiger partial charge on any atom is 0.251 e. The summed E-state index contributed by atoms with van der Waals surface area (Å²) in [5.41, 5.74) is 0.345. The fourth-order valence-electron chi connectivity index (χ4n) is 2.90. The minimum Gasteiger partial charge on any atom is -0.349 e. The number of amides is 1. The van der Waals surface area contributed by atoms with Crippen LogP contribution in [0.2, 0.25) is 0 Å². The molecular weight excluding hydrogens is 312 g/mol. The van der Waals surface area contributed by atoms with E-state index >= 15 is 0 Å². The second-order valence-electron chi connectivity index (χ2n) is 5.70. The van der Waals surface area contributed by atoms with Crippen LogP contribution >= 0.6 is 0 Å². The van der Waals surface area contributed by atoms with Gasteiger partial charge in [0, 0.05) is 24.7 Å². The summed E-state index contributed by atoms with van der Waals surface area (Å²) in [4.78, 5) is 12.2. The highest BCUT2D eigenvalue weighted by Gasteiger charge is 2.32. The zero-order valence-corrected chi connectivity index (χ0v) is 14.3. The molecule has 1 unspecified atom stereocenters. The molecule has 1 atom stereocenters. The molecule has 0 aromatic heterocycles. The fraction of sp³-hybridized carbons (Fsp3) is 0.471. The van der Waals surface area contributed by atoms with Crippen LogP contribution < -0.4 is 5.32 Å². The third-order valence-corrected chi connectivity index (χ3v) is 6.10. The Morgan fingerprint density at radius 2 is 2.22 bits per heavy atom. The Morgan fingerprint density at radius 1 is 1.43 bits per heavy atom. The molecule has 1 aliphatic rings. The van der Waals surface area contributed by atoms with Crippen LogP contribution in [-0.2, 0) is 10.0 Å². The molecule has 1 aliphatic heterocycles. The highest BCUT2D eigenvalue weighted by atomic mass is 32.2. The van der Waals surface area contributed by atoms with E-state index < -0.39 is 10.0 Å². The molecule has 0 bridgehead atoms. The van der Waals surface area contributed by atoms with Crippen LogP contribution in [0.25, 0.3) is 0 Å². The summed E-state index contributed by atoms with van der Waals surface area (Å²) in [6.07, 6.45) is 5.23. The van der Waals surface area contributed by atoms with Gasteiger partial charge in [-0.2, -0.15) is 4.31 Å². The van der Waals surface area contributed by atoms with Crippen LogP contribution in [0, 0.1) is 0 Å². The highest BCUT2D eigenvalue weighted by molar-refractivity contribution is 7.89. The molecule has 0 saturated carbocycles. The van der Waals surface area contributed by atoms with Gasteiger partial charge in [-0.1, -0.05) is 25.5 Å². The largest absolute Gasteiger partial charge is 0.349 e. The van der Waals surface area contributed by atoms with E-state index in [0.717, 1.165) is 25.7 Å². The summed E-state index contributed by atoms with van der Waals surface area (Å²) in [6, 6.07) is 6.29. The molecule has 6 heteroatoms. The van der Waals surface area contributed by atoms with E-state index in [1.807, 2.05) is 6.92 Å². The Hall–Kier alpha value is -1.66. The lowest BCUT2D eigenvalue weighted by atomic mass is 10.0. The van der Waals surface area contributed by atoms with Crippen LogP contribution in [0.1, 0.15) is 43.0 Å². The Balaban J connectivity index is 2.29. The van der Waals surface area contributed by atoms with E-state index in [1.54, 1.807) is 28.6 Å². The van der Waals surface area contributed by atoms with Crippen molar-refractivity contribution in [2.24, 2.45) is 0 Å². The summed E-state index contributed by atoms with van der Waals surface area (Å²) in [7, 11) is -3.57. The third-order valence-electron chi connectivity index (χ3n) is 4.15. The van der Waals surface area contributed by atoms with Crippen molar-refractivity contribution < 1.29 is 13.2 Å². The van der Waals surface area contributed by atoms with E-state index in [4.69, 9.17) is 0 Å². The predicted molar refractivity (Wildman–Crippen MR) is 90.8 cm³/mol. The number of sulfonamides is 1. The lowest BCUT2D eigenvalue weighted by Gasteiger charge is -2.34. The zero-order valence-electron chi connectivity index (χ0n) is 13.5. The lowest BCUT2D eigenvalue weighted by Crippen LogP contribution is -2.43. The van der Waals surface area contributed by atoms with Crippen molar-refractivity contribution in [2.75, 3.05) is 13.1 Å². The molecule has 2 rings (SSSR count). The van der Waals surface area contributed by atoms with Gasteiger partial charge >= 0.3 is 0 Å². The van der Waals surface area contributed by atoms with Crippen molar-refractivity contribution >= 4 is 15.9 Å². The highest BCUT2D eigenvalue weighted by Crippen LogP contribution is 2.27. The molecule has 1 aromatic carbocycles. The Labute approximate surface area is 138 Å². The fourth-order valence-corrected chi connectivity index (χ4v) is 4.71. The molecule has 1 saturated heterocycles. The van der Waals surface area contributed by atoms with Gasteiger partial charge in [-0.15, -0.1) is 6.58 Å². The molecule has 5 nitrogen and oxygen atoms in total. The van der Waals surface area contributed by atoms with Gasteiger partial charge in [0.2, 0.25) is 10.0 Å². The summed E-state index contributed by atoms with van der Waals surface area (Å²) in [6.45, 7) is 6.45. The summed E-state index contributed by atoms with van der Waals surface area (Å²) < 4.78 is 27.4. The van der Waals surface area contributed by atoms with Crippen LogP contribution in [0.5, 0.6) is 0 Å². The maximum absolute atomic E-state index is 12.9. The molecule has 0 radical (unpaired) electrons. The van der Waals surface area contributed by atoms with Gasteiger partial charge in [0.25, 0.3) is 5.91 Å². The van der Waals surface area contributed by atoms with Crippen molar-refractivity contribution in [3.63, 3.8) is 0 Å². The predicted octanol–water partition coefficient (Wildman–Crippen LogP) is 2.56. The first kappa shape index (κ1) is 17.7. The van der Waals surface area contributed by atoms with Crippen LogP contribution in [0.15, 0.2) is 41.8 Å². The monoisotopic (exact) mass is 336 g/mol. The van der Waals surface area contributed by atoms with E-state index in [2.05, 4.69) is 11.9 Å². The van der Waals surface area contributed by atoms with Crippen molar-refractivity contribution in [1.82, 2.24) is 9.62 Å². The van der Waals surface area contributed by atoms with Gasteiger partial charge in [-0.3, -0.25) is 4.79 Å². The average Bonchev–Trinajstić information content (AvgIpc) is 2.59. The lowest BCUT2D eigenvalue weighted by molar-refractivity contribution is 0.0958. The Morgan fingerprint density at radius 3 is 2.91 bits per heavy atom. The summed E-state index contributed by atoms with van der Waals surface area (Å²) in [5, 5.41) is 2.66. The van der Waals surface area contributed by atoms with Gasteiger partial charge in [0.05, 0.1) is 4.90 Å². The van der Waals surface area contributed by atoms with E-state index in [-0.39, 0.29) is 16.8 Å². The normalized spacial score (nSPS) is 19.3. The number of hydrogen-bond acceptors (Lipinski definition) is 3. The number of rotatable bonds is 6. The van der Waals surface area contributed by atoms with E-state index in [1.165, 1.54) is 6.07 Å². The van der Waals surface area contributed by atoms with Crippen molar-refractivity contribution in [2.45, 2.75) is 43.5 Å². The van der Waals surface area contributed by atoms with Crippen molar-refractivity contribution in [1.29, 1.82) is 0 Å². The van der Waals surface area contributed by atoms with Gasteiger partial charge < -0.3 is 5.32 Å². The molecule has 126 valence electrons. The summed E-state index contributed by atoms with van der Waals surface area (Å²) >= 11 is 0.